The predicted molar refractivity (Wildman–Crippen MR) is 86.7 cm³/mol. The highest BCUT2D eigenvalue weighted by molar-refractivity contribution is 7.99. The molecule has 1 N–H and O–H groups in total. The minimum Gasteiger partial charge on any atom is -0.459 e. The Morgan fingerprint density at radius 3 is 3.05 bits per heavy atom. The maximum atomic E-state index is 12.3. The molecule has 1 fully saturated rings. The lowest BCUT2D eigenvalue weighted by Gasteiger charge is -2.22. The number of para-hydroxylation sites is 1. The first-order valence-electron chi connectivity index (χ1n) is 7.36. The van der Waals surface area contributed by atoms with Crippen LogP contribution in [0.3, 0.4) is 0 Å². The zero-order chi connectivity index (χ0) is 14.7. The number of hydrogen-bond donors (Lipinski definition) is 1. The van der Waals surface area contributed by atoms with Crippen LogP contribution in [0.5, 0.6) is 0 Å². The number of thioether (sulfide) groups is 1. The quantitative estimate of drug-likeness (QED) is 0.921. The fourth-order valence-electron chi connectivity index (χ4n) is 2.51. The highest BCUT2D eigenvalue weighted by atomic mass is 32.2. The molecule has 4 nitrogen and oxygen atoms in total. The van der Waals surface area contributed by atoms with E-state index in [0.29, 0.717) is 0 Å². The minimum atomic E-state index is -0.124. The van der Waals surface area contributed by atoms with Gasteiger partial charge in [-0.1, -0.05) is 18.2 Å². The lowest BCUT2D eigenvalue weighted by Crippen LogP contribution is -2.42. The van der Waals surface area contributed by atoms with Crippen LogP contribution in [0.15, 0.2) is 34.7 Å². The summed E-state index contributed by atoms with van der Waals surface area (Å²) < 4.78 is 5.81. The summed E-state index contributed by atoms with van der Waals surface area (Å²) in [4.78, 5) is 14.2. The molecule has 0 aliphatic carbocycles. The molecule has 2 heterocycles. The van der Waals surface area contributed by atoms with Crippen molar-refractivity contribution in [2.75, 3.05) is 24.6 Å². The third kappa shape index (κ3) is 3.35. The molecule has 0 bridgehead atoms. The Morgan fingerprint density at radius 1 is 1.33 bits per heavy atom. The summed E-state index contributed by atoms with van der Waals surface area (Å²) >= 11 is 1.91. The number of carbonyl (C=O) groups excluding carboxylic acids is 1. The number of carbonyl (C=O) groups is 1. The number of amides is 2. The molecule has 0 radical (unpaired) electrons. The van der Waals surface area contributed by atoms with Gasteiger partial charge in [0.05, 0.1) is 6.04 Å². The van der Waals surface area contributed by atoms with Crippen molar-refractivity contribution in [3.63, 3.8) is 0 Å². The predicted octanol–water partition coefficient (Wildman–Crippen LogP) is 3.64. The van der Waals surface area contributed by atoms with Crippen molar-refractivity contribution in [1.29, 1.82) is 0 Å². The summed E-state index contributed by atoms with van der Waals surface area (Å²) in [5.41, 5.74) is 0.861. The molecule has 1 saturated heterocycles. The molecule has 3 rings (SSSR count). The van der Waals surface area contributed by atoms with E-state index in [0.717, 1.165) is 47.7 Å². The summed E-state index contributed by atoms with van der Waals surface area (Å²) in [7, 11) is 0. The molecule has 0 saturated carbocycles. The van der Waals surface area contributed by atoms with Gasteiger partial charge in [0.2, 0.25) is 0 Å². The van der Waals surface area contributed by atoms with Gasteiger partial charge in [-0.3, -0.25) is 0 Å². The van der Waals surface area contributed by atoms with E-state index in [9.17, 15) is 4.79 Å². The molecule has 2 aromatic rings. The topological polar surface area (TPSA) is 45.5 Å². The van der Waals surface area contributed by atoms with E-state index in [1.54, 1.807) is 0 Å². The van der Waals surface area contributed by atoms with E-state index in [-0.39, 0.29) is 12.1 Å². The number of furan rings is 1. The van der Waals surface area contributed by atoms with Gasteiger partial charge < -0.3 is 14.6 Å². The third-order valence-electron chi connectivity index (χ3n) is 3.72. The molecule has 1 aliphatic rings. The number of urea groups is 1. The Balaban J connectivity index is 1.67. The molecule has 1 atom stereocenters. The van der Waals surface area contributed by atoms with Crippen molar-refractivity contribution >= 4 is 28.8 Å². The van der Waals surface area contributed by atoms with E-state index < -0.39 is 0 Å². The van der Waals surface area contributed by atoms with Crippen LogP contribution < -0.4 is 5.32 Å². The first kappa shape index (κ1) is 14.3. The second kappa shape index (κ2) is 6.43. The van der Waals surface area contributed by atoms with Crippen molar-refractivity contribution in [1.82, 2.24) is 10.2 Å². The SMILES string of the molecule is CC(NC(=O)N1CCCSCC1)c1cc2ccccc2o1. The maximum absolute atomic E-state index is 12.3. The van der Waals surface area contributed by atoms with Crippen LogP contribution >= 0.6 is 11.8 Å². The van der Waals surface area contributed by atoms with Crippen LogP contribution in [0.2, 0.25) is 0 Å². The summed E-state index contributed by atoms with van der Waals surface area (Å²) in [5.74, 6) is 2.96. The van der Waals surface area contributed by atoms with Crippen LogP contribution in [0.25, 0.3) is 11.0 Å². The van der Waals surface area contributed by atoms with Gasteiger partial charge in [0.1, 0.15) is 11.3 Å². The molecule has 1 unspecified atom stereocenters. The molecule has 1 aromatic carbocycles. The van der Waals surface area contributed by atoms with E-state index in [4.69, 9.17) is 4.42 Å². The van der Waals surface area contributed by atoms with Gasteiger partial charge in [-0.15, -0.1) is 0 Å². The average Bonchev–Trinajstić information content (AvgIpc) is 2.73. The molecule has 112 valence electrons. The van der Waals surface area contributed by atoms with Gasteiger partial charge in [0, 0.05) is 24.2 Å². The molecule has 1 aliphatic heterocycles. The highest BCUT2D eigenvalue weighted by Crippen LogP contribution is 2.23. The number of fused-ring (bicyclic) bond motifs is 1. The molecule has 2 amide bonds. The molecule has 0 spiro atoms. The lowest BCUT2D eigenvalue weighted by molar-refractivity contribution is 0.197. The minimum absolute atomic E-state index is 0.00505. The Hall–Kier alpha value is -1.62. The van der Waals surface area contributed by atoms with Crippen molar-refractivity contribution in [2.45, 2.75) is 19.4 Å². The number of nitrogens with one attached hydrogen (secondary N) is 1. The standard InChI is InChI=1S/C16H20N2O2S/c1-12(15-11-13-5-2-3-6-14(13)20-15)17-16(19)18-7-4-9-21-10-8-18/h2-3,5-6,11-12H,4,7-10H2,1H3,(H,17,19). The molecular weight excluding hydrogens is 284 g/mol. The summed E-state index contributed by atoms with van der Waals surface area (Å²) in [5, 5.41) is 4.11. The first-order chi connectivity index (χ1) is 10.2. The summed E-state index contributed by atoms with van der Waals surface area (Å²) in [6.45, 7) is 3.62. The monoisotopic (exact) mass is 304 g/mol. The number of benzene rings is 1. The van der Waals surface area contributed by atoms with E-state index in [1.165, 1.54) is 0 Å². The Bertz CT molecular complexity index is 585. The number of nitrogens with zero attached hydrogens (tertiary/aromatic N) is 1. The normalized spacial score (nSPS) is 17.5. The van der Waals surface area contributed by atoms with Crippen molar-refractivity contribution in [3.8, 4) is 0 Å². The smallest absolute Gasteiger partial charge is 0.318 e. The summed E-state index contributed by atoms with van der Waals surface area (Å²) in [6, 6.07) is 9.78. The fourth-order valence-corrected chi connectivity index (χ4v) is 3.40. The van der Waals surface area contributed by atoms with Crippen LogP contribution in [-0.4, -0.2) is 35.5 Å². The van der Waals surface area contributed by atoms with Crippen LogP contribution in [0, 0.1) is 0 Å². The largest absolute Gasteiger partial charge is 0.459 e. The second-order valence-electron chi connectivity index (χ2n) is 5.31. The lowest BCUT2D eigenvalue weighted by atomic mass is 10.2. The van der Waals surface area contributed by atoms with E-state index in [2.05, 4.69) is 5.32 Å². The first-order valence-corrected chi connectivity index (χ1v) is 8.51. The maximum Gasteiger partial charge on any atom is 0.318 e. The van der Waals surface area contributed by atoms with Crippen molar-refractivity contribution in [3.05, 3.63) is 36.1 Å². The van der Waals surface area contributed by atoms with Gasteiger partial charge in [-0.2, -0.15) is 11.8 Å². The van der Waals surface area contributed by atoms with Gasteiger partial charge in [-0.25, -0.2) is 4.79 Å². The Kier molecular flexibility index (Phi) is 4.39. The van der Waals surface area contributed by atoms with Crippen molar-refractivity contribution < 1.29 is 9.21 Å². The third-order valence-corrected chi connectivity index (χ3v) is 4.77. The Labute approximate surface area is 128 Å². The number of hydrogen-bond acceptors (Lipinski definition) is 3. The van der Waals surface area contributed by atoms with Gasteiger partial charge >= 0.3 is 6.03 Å². The Morgan fingerprint density at radius 2 is 2.19 bits per heavy atom. The summed E-state index contributed by atoms with van der Waals surface area (Å²) in [6.07, 6.45) is 1.07. The van der Waals surface area contributed by atoms with Crippen LogP contribution in [0.1, 0.15) is 25.1 Å². The van der Waals surface area contributed by atoms with E-state index in [1.807, 2.05) is 53.9 Å². The van der Waals surface area contributed by atoms with Gasteiger partial charge in [0.15, 0.2) is 0 Å². The van der Waals surface area contributed by atoms with Crippen LogP contribution in [-0.2, 0) is 0 Å². The molecule has 1 aromatic heterocycles. The molecular formula is C16H20N2O2S. The van der Waals surface area contributed by atoms with Crippen LogP contribution in [0.4, 0.5) is 4.79 Å². The highest BCUT2D eigenvalue weighted by Gasteiger charge is 2.19. The molecule has 5 heteroatoms. The number of rotatable bonds is 2. The van der Waals surface area contributed by atoms with Crippen molar-refractivity contribution in [2.24, 2.45) is 0 Å². The van der Waals surface area contributed by atoms with E-state index >= 15 is 0 Å². The van der Waals surface area contributed by atoms with Gasteiger partial charge in [0.25, 0.3) is 0 Å². The zero-order valence-corrected chi connectivity index (χ0v) is 13.0. The zero-order valence-electron chi connectivity index (χ0n) is 12.2. The average molecular weight is 304 g/mol. The second-order valence-corrected chi connectivity index (χ2v) is 6.54. The van der Waals surface area contributed by atoms with Gasteiger partial charge in [-0.05, 0) is 31.2 Å². The fraction of sp³-hybridized carbons (Fsp3) is 0.438. The molecule has 21 heavy (non-hydrogen) atoms.